The number of aromatic nitrogens is 3. The van der Waals surface area contributed by atoms with E-state index in [1.807, 2.05) is 30.3 Å². The number of aliphatic hydroxyl groups is 1. The van der Waals surface area contributed by atoms with E-state index in [4.69, 9.17) is 0 Å². The number of benzene rings is 1. The molecule has 1 saturated carbocycles. The average Bonchev–Trinajstić information content (AvgIpc) is 3.18. The van der Waals surface area contributed by atoms with Crippen LogP contribution in [-0.2, 0) is 11.3 Å². The highest BCUT2D eigenvalue weighted by atomic mass is 16.3. The predicted octanol–water partition coefficient (Wildman–Crippen LogP) is 1.37. The van der Waals surface area contributed by atoms with Crippen LogP contribution >= 0.6 is 0 Å². The minimum atomic E-state index is -0.445. The lowest BCUT2D eigenvalue weighted by Crippen LogP contribution is -2.50. The van der Waals surface area contributed by atoms with Gasteiger partial charge in [-0.25, -0.2) is 4.68 Å². The third kappa shape index (κ3) is 3.17. The van der Waals surface area contributed by atoms with Crippen LogP contribution in [0.3, 0.4) is 0 Å². The highest BCUT2D eigenvalue weighted by Crippen LogP contribution is 2.29. The molecule has 0 bridgehead atoms. The van der Waals surface area contributed by atoms with Crippen LogP contribution in [0.1, 0.15) is 25.7 Å². The highest BCUT2D eigenvalue weighted by Gasteiger charge is 2.34. The van der Waals surface area contributed by atoms with E-state index in [9.17, 15) is 9.90 Å². The summed E-state index contributed by atoms with van der Waals surface area (Å²) in [5.74, 6) is -0.138. The lowest BCUT2D eigenvalue weighted by molar-refractivity contribution is -0.124. The van der Waals surface area contributed by atoms with Crippen LogP contribution in [0.5, 0.6) is 0 Å². The average molecular weight is 300 g/mol. The quantitative estimate of drug-likeness (QED) is 0.874. The van der Waals surface area contributed by atoms with Gasteiger partial charge in [-0.05, 0) is 12.8 Å². The summed E-state index contributed by atoms with van der Waals surface area (Å²) >= 11 is 0. The van der Waals surface area contributed by atoms with Crippen LogP contribution in [0.4, 0.5) is 0 Å². The van der Waals surface area contributed by atoms with Crippen LogP contribution in [0.2, 0.25) is 0 Å². The SMILES string of the molecule is O=C(Cn1cc(-c2ccccc2)nn1)NC1(CO)CCCC1. The molecule has 2 N–H and O–H groups in total. The van der Waals surface area contributed by atoms with Gasteiger partial charge >= 0.3 is 0 Å². The number of aliphatic hydroxyl groups excluding tert-OH is 1. The molecule has 1 aliphatic rings. The Labute approximate surface area is 129 Å². The second-order valence-electron chi connectivity index (χ2n) is 5.86. The largest absolute Gasteiger partial charge is 0.394 e. The van der Waals surface area contributed by atoms with Crippen molar-refractivity contribution in [2.24, 2.45) is 0 Å². The molecule has 116 valence electrons. The lowest BCUT2D eigenvalue weighted by atomic mass is 9.99. The Bertz CT molecular complexity index is 633. The minimum Gasteiger partial charge on any atom is -0.394 e. The van der Waals surface area contributed by atoms with E-state index in [1.165, 1.54) is 4.68 Å². The van der Waals surface area contributed by atoms with E-state index in [2.05, 4.69) is 15.6 Å². The Morgan fingerprint density at radius 1 is 1.27 bits per heavy atom. The molecule has 1 fully saturated rings. The molecular weight excluding hydrogens is 280 g/mol. The number of hydrogen-bond donors (Lipinski definition) is 2. The first-order chi connectivity index (χ1) is 10.7. The predicted molar refractivity (Wildman–Crippen MR) is 81.9 cm³/mol. The maximum absolute atomic E-state index is 12.2. The maximum atomic E-state index is 12.2. The zero-order chi connectivity index (χ0) is 15.4. The van der Waals surface area contributed by atoms with E-state index in [0.29, 0.717) is 0 Å². The molecule has 2 aromatic rings. The molecule has 0 atom stereocenters. The number of rotatable bonds is 5. The zero-order valence-corrected chi connectivity index (χ0v) is 12.4. The van der Waals surface area contributed by atoms with Gasteiger partial charge in [0.1, 0.15) is 12.2 Å². The fraction of sp³-hybridized carbons (Fsp3) is 0.438. The fourth-order valence-electron chi connectivity index (χ4n) is 2.97. The van der Waals surface area contributed by atoms with Gasteiger partial charge in [0, 0.05) is 5.56 Å². The van der Waals surface area contributed by atoms with Gasteiger partial charge in [0.15, 0.2) is 0 Å². The highest BCUT2D eigenvalue weighted by molar-refractivity contribution is 5.76. The van der Waals surface area contributed by atoms with Gasteiger partial charge in [-0.2, -0.15) is 0 Å². The Morgan fingerprint density at radius 2 is 2.00 bits per heavy atom. The number of amides is 1. The number of carbonyl (C=O) groups excluding carboxylic acids is 1. The third-order valence-corrected chi connectivity index (χ3v) is 4.18. The summed E-state index contributed by atoms with van der Waals surface area (Å²) in [5.41, 5.74) is 1.27. The van der Waals surface area contributed by atoms with E-state index in [1.54, 1.807) is 6.20 Å². The first kappa shape index (κ1) is 14.7. The molecule has 6 nitrogen and oxygen atoms in total. The smallest absolute Gasteiger partial charge is 0.242 e. The first-order valence-electron chi connectivity index (χ1n) is 7.58. The summed E-state index contributed by atoms with van der Waals surface area (Å²) in [5, 5.41) is 20.6. The molecule has 0 radical (unpaired) electrons. The van der Waals surface area contributed by atoms with Crippen molar-refractivity contribution in [3.63, 3.8) is 0 Å². The molecule has 1 aromatic heterocycles. The van der Waals surface area contributed by atoms with E-state index in [0.717, 1.165) is 36.9 Å². The molecule has 0 spiro atoms. The summed E-state index contributed by atoms with van der Waals surface area (Å²) in [6.45, 7) is 0.104. The minimum absolute atomic E-state index is 0.00857. The normalized spacial score (nSPS) is 16.6. The van der Waals surface area contributed by atoms with Gasteiger partial charge in [-0.1, -0.05) is 48.4 Å². The summed E-state index contributed by atoms with van der Waals surface area (Å²) in [6, 6.07) is 9.72. The summed E-state index contributed by atoms with van der Waals surface area (Å²) in [4.78, 5) is 12.2. The molecule has 22 heavy (non-hydrogen) atoms. The van der Waals surface area contributed by atoms with Gasteiger partial charge in [-0.3, -0.25) is 4.79 Å². The number of carbonyl (C=O) groups is 1. The van der Waals surface area contributed by atoms with Crippen LogP contribution in [0.15, 0.2) is 36.5 Å². The zero-order valence-electron chi connectivity index (χ0n) is 12.4. The summed E-state index contributed by atoms with van der Waals surface area (Å²) in [6.07, 6.45) is 5.52. The maximum Gasteiger partial charge on any atom is 0.242 e. The molecule has 0 unspecified atom stereocenters. The number of hydrogen-bond acceptors (Lipinski definition) is 4. The molecule has 1 heterocycles. The summed E-state index contributed by atoms with van der Waals surface area (Å²) in [7, 11) is 0. The second kappa shape index (κ2) is 6.27. The van der Waals surface area contributed by atoms with Gasteiger partial charge < -0.3 is 10.4 Å². The van der Waals surface area contributed by atoms with Crippen LogP contribution in [0.25, 0.3) is 11.3 Å². The van der Waals surface area contributed by atoms with Crippen molar-refractivity contribution < 1.29 is 9.90 Å². The molecule has 1 aromatic carbocycles. The topological polar surface area (TPSA) is 80.0 Å². The molecule has 3 rings (SSSR count). The van der Waals surface area contributed by atoms with Gasteiger partial charge in [-0.15, -0.1) is 5.10 Å². The molecule has 6 heteroatoms. The number of nitrogens with one attached hydrogen (secondary N) is 1. The van der Waals surface area contributed by atoms with Crippen molar-refractivity contribution in [2.45, 2.75) is 37.8 Å². The van der Waals surface area contributed by atoms with Crippen LogP contribution < -0.4 is 5.32 Å². The van der Waals surface area contributed by atoms with E-state index >= 15 is 0 Å². The molecule has 1 amide bonds. The Kier molecular flexibility index (Phi) is 4.20. The standard InChI is InChI=1S/C16H20N4O2/c21-12-16(8-4-5-9-16)17-15(22)11-20-10-14(18-19-20)13-6-2-1-3-7-13/h1-3,6-7,10,21H,4-5,8-9,11-12H2,(H,17,22). The van der Waals surface area contributed by atoms with Crippen molar-refractivity contribution in [1.82, 2.24) is 20.3 Å². The summed E-state index contributed by atoms with van der Waals surface area (Å²) < 4.78 is 1.53. The van der Waals surface area contributed by atoms with Crippen molar-refractivity contribution >= 4 is 5.91 Å². The monoisotopic (exact) mass is 300 g/mol. The van der Waals surface area contributed by atoms with Gasteiger partial charge in [0.2, 0.25) is 5.91 Å². The lowest BCUT2D eigenvalue weighted by Gasteiger charge is -2.27. The number of nitrogens with zero attached hydrogens (tertiary/aromatic N) is 3. The van der Waals surface area contributed by atoms with E-state index < -0.39 is 5.54 Å². The van der Waals surface area contributed by atoms with Crippen molar-refractivity contribution in [3.8, 4) is 11.3 Å². The molecular formula is C16H20N4O2. The molecule has 0 aliphatic heterocycles. The van der Waals surface area contributed by atoms with Crippen molar-refractivity contribution in [2.75, 3.05) is 6.61 Å². The fourth-order valence-corrected chi connectivity index (χ4v) is 2.97. The van der Waals surface area contributed by atoms with E-state index in [-0.39, 0.29) is 19.1 Å². The van der Waals surface area contributed by atoms with Crippen LogP contribution in [0, 0.1) is 0 Å². The Balaban J connectivity index is 1.64. The van der Waals surface area contributed by atoms with Crippen LogP contribution in [-0.4, -0.2) is 38.2 Å². The molecule has 1 aliphatic carbocycles. The Hall–Kier alpha value is -2.21. The first-order valence-corrected chi connectivity index (χ1v) is 7.58. The second-order valence-corrected chi connectivity index (χ2v) is 5.86. The Morgan fingerprint density at radius 3 is 2.68 bits per heavy atom. The molecule has 0 saturated heterocycles. The third-order valence-electron chi connectivity index (χ3n) is 4.18. The van der Waals surface area contributed by atoms with Crippen molar-refractivity contribution in [3.05, 3.63) is 36.5 Å². The van der Waals surface area contributed by atoms with Crippen molar-refractivity contribution in [1.29, 1.82) is 0 Å². The van der Waals surface area contributed by atoms with Gasteiger partial charge in [0.05, 0.1) is 18.3 Å². The van der Waals surface area contributed by atoms with Gasteiger partial charge in [0.25, 0.3) is 0 Å².